The van der Waals surface area contributed by atoms with Crippen LogP contribution in [0.4, 0.5) is 0 Å². The van der Waals surface area contributed by atoms with Crippen molar-refractivity contribution in [1.29, 1.82) is 0 Å². The maximum absolute atomic E-state index is 5.92. The highest BCUT2D eigenvalue weighted by molar-refractivity contribution is 5.28. The fourth-order valence-electron chi connectivity index (χ4n) is 3.14. The molecule has 0 bridgehead atoms. The average Bonchev–Trinajstić information content (AvgIpc) is 2.77. The standard InChI is InChI=1S/C18H30N2O/c1-19-15-16-8-7-11-18(14-16)21-13-12-20(2)17-9-5-3-4-6-10-17/h7-8,11,14,17,19H,3-6,9-10,12-13,15H2,1-2H3. The van der Waals surface area contributed by atoms with Gasteiger partial charge in [0.15, 0.2) is 0 Å². The first-order valence-corrected chi connectivity index (χ1v) is 8.36. The predicted molar refractivity (Wildman–Crippen MR) is 88.8 cm³/mol. The van der Waals surface area contributed by atoms with Crippen molar-refractivity contribution in [2.75, 3.05) is 27.2 Å². The third-order valence-corrected chi connectivity index (χ3v) is 4.44. The summed E-state index contributed by atoms with van der Waals surface area (Å²) in [5, 5.41) is 3.17. The molecule has 0 aromatic heterocycles. The van der Waals surface area contributed by atoms with E-state index in [2.05, 4.69) is 35.5 Å². The van der Waals surface area contributed by atoms with E-state index in [9.17, 15) is 0 Å². The molecule has 0 spiro atoms. The second kappa shape index (κ2) is 9.06. The summed E-state index contributed by atoms with van der Waals surface area (Å²) >= 11 is 0. The van der Waals surface area contributed by atoms with Gasteiger partial charge in [-0.2, -0.15) is 0 Å². The highest BCUT2D eigenvalue weighted by Crippen LogP contribution is 2.21. The number of nitrogens with zero attached hydrogens (tertiary/aromatic N) is 1. The van der Waals surface area contributed by atoms with Gasteiger partial charge in [0.05, 0.1) is 0 Å². The van der Waals surface area contributed by atoms with E-state index in [0.29, 0.717) is 0 Å². The lowest BCUT2D eigenvalue weighted by atomic mass is 10.1. The van der Waals surface area contributed by atoms with Crippen LogP contribution in [-0.2, 0) is 6.54 Å². The first-order valence-electron chi connectivity index (χ1n) is 8.36. The van der Waals surface area contributed by atoms with Gasteiger partial charge in [-0.05, 0) is 44.6 Å². The molecule has 1 saturated carbocycles. The van der Waals surface area contributed by atoms with Crippen LogP contribution < -0.4 is 10.1 Å². The van der Waals surface area contributed by atoms with Gasteiger partial charge in [0.25, 0.3) is 0 Å². The predicted octanol–water partition coefficient (Wildman–Crippen LogP) is 3.44. The van der Waals surface area contributed by atoms with E-state index in [1.807, 2.05) is 13.1 Å². The minimum Gasteiger partial charge on any atom is -0.492 e. The van der Waals surface area contributed by atoms with Gasteiger partial charge < -0.3 is 15.0 Å². The van der Waals surface area contributed by atoms with Crippen molar-refractivity contribution >= 4 is 0 Å². The first-order chi connectivity index (χ1) is 10.3. The van der Waals surface area contributed by atoms with Gasteiger partial charge in [-0.15, -0.1) is 0 Å². The highest BCUT2D eigenvalue weighted by Gasteiger charge is 2.16. The molecular formula is C18H30N2O. The van der Waals surface area contributed by atoms with Gasteiger partial charge in [-0.3, -0.25) is 0 Å². The van der Waals surface area contributed by atoms with Crippen molar-refractivity contribution in [1.82, 2.24) is 10.2 Å². The molecular weight excluding hydrogens is 260 g/mol. The molecule has 0 radical (unpaired) electrons. The summed E-state index contributed by atoms with van der Waals surface area (Å²) in [6.45, 7) is 2.68. The molecule has 1 fully saturated rings. The van der Waals surface area contributed by atoms with Crippen LogP contribution in [0, 0.1) is 0 Å². The Morgan fingerprint density at radius 3 is 2.67 bits per heavy atom. The van der Waals surface area contributed by atoms with Gasteiger partial charge in [-0.25, -0.2) is 0 Å². The number of nitrogens with one attached hydrogen (secondary N) is 1. The molecule has 1 N–H and O–H groups in total. The third kappa shape index (κ3) is 5.68. The van der Waals surface area contributed by atoms with E-state index < -0.39 is 0 Å². The molecule has 0 atom stereocenters. The number of ether oxygens (including phenoxy) is 1. The van der Waals surface area contributed by atoms with Gasteiger partial charge in [0.2, 0.25) is 0 Å². The Morgan fingerprint density at radius 2 is 1.95 bits per heavy atom. The number of benzene rings is 1. The van der Waals surface area contributed by atoms with Crippen LogP contribution in [0.3, 0.4) is 0 Å². The van der Waals surface area contributed by atoms with Crippen LogP contribution in [0.5, 0.6) is 5.75 Å². The fourth-order valence-corrected chi connectivity index (χ4v) is 3.14. The molecule has 3 nitrogen and oxygen atoms in total. The van der Waals surface area contributed by atoms with Crippen molar-refractivity contribution in [2.45, 2.75) is 51.1 Å². The van der Waals surface area contributed by atoms with Crippen LogP contribution in [0.1, 0.15) is 44.1 Å². The van der Waals surface area contributed by atoms with Crippen molar-refractivity contribution in [3.8, 4) is 5.75 Å². The van der Waals surface area contributed by atoms with Crippen LogP contribution in [0.2, 0.25) is 0 Å². The van der Waals surface area contributed by atoms with Crippen LogP contribution in [0.25, 0.3) is 0 Å². The molecule has 0 saturated heterocycles. The summed E-state index contributed by atoms with van der Waals surface area (Å²) in [5.74, 6) is 0.983. The molecule has 0 aliphatic heterocycles. The lowest BCUT2D eigenvalue weighted by Gasteiger charge is -2.26. The van der Waals surface area contributed by atoms with Gasteiger partial charge in [0, 0.05) is 19.1 Å². The summed E-state index contributed by atoms with van der Waals surface area (Å²) in [4.78, 5) is 2.49. The lowest BCUT2D eigenvalue weighted by Crippen LogP contribution is -2.34. The number of hydrogen-bond donors (Lipinski definition) is 1. The Hall–Kier alpha value is -1.06. The van der Waals surface area contributed by atoms with E-state index >= 15 is 0 Å². The monoisotopic (exact) mass is 290 g/mol. The minimum absolute atomic E-state index is 0.756. The number of rotatable bonds is 7. The van der Waals surface area contributed by atoms with Gasteiger partial charge in [0.1, 0.15) is 12.4 Å². The Labute approximate surface area is 129 Å². The quantitative estimate of drug-likeness (QED) is 0.779. The fraction of sp³-hybridized carbons (Fsp3) is 0.667. The largest absolute Gasteiger partial charge is 0.492 e. The lowest BCUT2D eigenvalue weighted by molar-refractivity contribution is 0.178. The second-order valence-corrected chi connectivity index (χ2v) is 6.15. The topological polar surface area (TPSA) is 24.5 Å². The normalized spacial score (nSPS) is 16.9. The van der Waals surface area contributed by atoms with Crippen molar-refractivity contribution in [2.24, 2.45) is 0 Å². The Bertz CT molecular complexity index is 400. The summed E-state index contributed by atoms with van der Waals surface area (Å²) < 4.78 is 5.92. The van der Waals surface area contributed by atoms with Gasteiger partial charge in [-0.1, -0.05) is 37.8 Å². The molecule has 0 unspecified atom stereocenters. The first kappa shape index (κ1) is 16.3. The zero-order valence-corrected chi connectivity index (χ0v) is 13.6. The highest BCUT2D eigenvalue weighted by atomic mass is 16.5. The molecule has 0 heterocycles. The molecule has 3 heteroatoms. The van der Waals surface area contributed by atoms with Crippen molar-refractivity contribution in [3.63, 3.8) is 0 Å². The van der Waals surface area contributed by atoms with E-state index in [1.165, 1.54) is 44.1 Å². The Kier molecular flexibility index (Phi) is 7.04. The van der Waals surface area contributed by atoms with E-state index in [4.69, 9.17) is 4.74 Å². The van der Waals surface area contributed by atoms with Crippen molar-refractivity contribution < 1.29 is 4.74 Å². The van der Waals surface area contributed by atoms with Crippen LogP contribution in [0.15, 0.2) is 24.3 Å². The van der Waals surface area contributed by atoms with Crippen LogP contribution >= 0.6 is 0 Å². The van der Waals surface area contributed by atoms with Crippen LogP contribution in [-0.4, -0.2) is 38.2 Å². The summed E-state index contributed by atoms with van der Waals surface area (Å²) in [7, 11) is 4.21. The van der Waals surface area contributed by atoms with E-state index in [0.717, 1.165) is 31.5 Å². The molecule has 1 aromatic carbocycles. The summed E-state index contributed by atoms with van der Waals surface area (Å²) in [6, 6.07) is 9.12. The molecule has 2 rings (SSSR count). The molecule has 0 amide bonds. The smallest absolute Gasteiger partial charge is 0.119 e. The molecule has 21 heavy (non-hydrogen) atoms. The Morgan fingerprint density at radius 1 is 1.19 bits per heavy atom. The zero-order chi connectivity index (χ0) is 14.9. The van der Waals surface area contributed by atoms with E-state index in [-0.39, 0.29) is 0 Å². The van der Waals surface area contributed by atoms with Crippen molar-refractivity contribution in [3.05, 3.63) is 29.8 Å². The molecule has 1 aliphatic carbocycles. The molecule has 1 aromatic rings. The molecule has 1 aliphatic rings. The number of hydrogen-bond acceptors (Lipinski definition) is 3. The van der Waals surface area contributed by atoms with Gasteiger partial charge >= 0.3 is 0 Å². The maximum atomic E-state index is 5.92. The summed E-state index contributed by atoms with van der Waals surface area (Å²) in [6.07, 6.45) is 8.32. The maximum Gasteiger partial charge on any atom is 0.119 e. The average molecular weight is 290 g/mol. The molecule has 118 valence electrons. The Balaban J connectivity index is 1.73. The SMILES string of the molecule is CNCc1cccc(OCCN(C)C2CCCCCC2)c1. The number of likely N-dealkylation sites (N-methyl/N-ethyl adjacent to an activating group) is 1. The minimum atomic E-state index is 0.756. The van der Waals surface area contributed by atoms with E-state index in [1.54, 1.807) is 0 Å². The zero-order valence-electron chi connectivity index (χ0n) is 13.6. The third-order valence-electron chi connectivity index (χ3n) is 4.44. The summed E-state index contributed by atoms with van der Waals surface area (Å²) in [5.41, 5.74) is 1.27. The second-order valence-electron chi connectivity index (χ2n) is 6.15.